The maximum atomic E-state index is 6.49. The smallest absolute Gasteiger partial charge is 0.136 e. The summed E-state index contributed by atoms with van der Waals surface area (Å²) in [7, 11) is 2.15. The monoisotopic (exact) mass is 435 g/mol. The van der Waals surface area contributed by atoms with Gasteiger partial charge in [-0.2, -0.15) is 0 Å². The van der Waals surface area contributed by atoms with Crippen molar-refractivity contribution in [3.8, 4) is 0 Å². The molecular formula is C29H29N3O. The summed E-state index contributed by atoms with van der Waals surface area (Å²) in [6.45, 7) is 4.81. The number of nitrogens with one attached hydrogen (secondary N) is 1. The van der Waals surface area contributed by atoms with E-state index in [0.717, 1.165) is 43.4 Å². The van der Waals surface area contributed by atoms with E-state index in [1.807, 2.05) is 12.2 Å². The van der Waals surface area contributed by atoms with Crippen LogP contribution in [0.3, 0.4) is 0 Å². The third kappa shape index (κ3) is 3.20. The highest BCUT2D eigenvalue weighted by atomic mass is 16.3. The first kappa shape index (κ1) is 20.0. The normalized spacial score (nSPS) is 17.6. The van der Waals surface area contributed by atoms with Crippen LogP contribution in [0.2, 0.25) is 0 Å². The van der Waals surface area contributed by atoms with Crippen LogP contribution < -0.4 is 21.0 Å². The third-order valence-corrected chi connectivity index (χ3v) is 6.93. The van der Waals surface area contributed by atoms with Gasteiger partial charge in [-0.15, -0.1) is 0 Å². The first-order valence-electron chi connectivity index (χ1n) is 11.8. The van der Waals surface area contributed by atoms with Crippen molar-refractivity contribution in [1.82, 2.24) is 4.68 Å². The van der Waals surface area contributed by atoms with Crippen molar-refractivity contribution < 1.29 is 4.42 Å². The van der Waals surface area contributed by atoms with Crippen LogP contribution in [0.4, 0.5) is 5.82 Å². The van der Waals surface area contributed by atoms with Gasteiger partial charge in [-0.05, 0) is 25.3 Å². The Morgan fingerprint density at radius 3 is 2.88 bits per heavy atom. The molecule has 1 aliphatic heterocycles. The van der Waals surface area contributed by atoms with Crippen molar-refractivity contribution in [1.29, 1.82) is 0 Å². The van der Waals surface area contributed by atoms with Gasteiger partial charge in [0.2, 0.25) is 0 Å². The van der Waals surface area contributed by atoms with Crippen LogP contribution in [0, 0.1) is 0 Å². The lowest BCUT2D eigenvalue weighted by molar-refractivity contribution is 0.472. The molecular weight excluding hydrogens is 406 g/mol. The Labute approximate surface area is 194 Å². The van der Waals surface area contributed by atoms with E-state index in [4.69, 9.17) is 4.42 Å². The Morgan fingerprint density at radius 2 is 1.97 bits per heavy atom. The number of para-hydroxylation sites is 1. The van der Waals surface area contributed by atoms with Gasteiger partial charge in [0.1, 0.15) is 17.0 Å². The van der Waals surface area contributed by atoms with E-state index in [1.54, 1.807) is 0 Å². The van der Waals surface area contributed by atoms with E-state index in [-0.39, 0.29) is 6.04 Å². The lowest BCUT2D eigenvalue weighted by Gasteiger charge is -2.28. The average molecular weight is 436 g/mol. The molecule has 0 amide bonds. The highest BCUT2D eigenvalue weighted by molar-refractivity contribution is 5.97. The number of anilines is 1. The number of furan rings is 1. The molecule has 0 saturated carbocycles. The molecule has 3 aromatic rings. The predicted molar refractivity (Wildman–Crippen MR) is 139 cm³/mol. The summed E-state index contributed by atoms with van der Waals surface area (Å²) in [4.78, 5) is 2.30. The second-order valence-corrected chi connectivity index (χ2v) is 8.99. The Bertz CT molecular complexity index is 1460. The number of aryl methyl sites for hydroxylation is 1. The molecule has 2 aliphatic carbocycles. The molecule has 33 heavy (non-hydrogen) atoms. The molecule has 0 spiro atoms. The lowest BCUT2D eigenvalue weighted by Crippen LogP contribution is -2.38. The molecule has 4 heteroatoms. The molecule has 1 aromatic carbocycles. The Balaban J connectivity index is 1.54. The van der Waals surface area contributed by atoms with Gasteiger partial charge >= 0.3 is 0 Å². The van der Waals surface area contributed by atoms with Crippen LogP contribution in [-0.4, -0.2) is 24.3 Å². The molecule has 0 radical (unpaired) electrons. The standard InChI is InChI=1S/C29H29N3O/c1-3-4-16-25(24-14-9-13-22-21-12-6-8-18-27(21)33-28(22)24)30-32-26-17-7-5-11-20(26)23-15-10-19-31(2)29(23)32/h3-7,10-13,15-17,25,30H,1,8-9,14,18-19H2,2H3/b16-4-. The maximum Gasteiger partial charge on any atom is 0.136 e. The Kier molecular flexibility index (Phi) is 4.87. The van der Waals surface area contributed by atoms with E-state index in [0.29, 0.717) is 0 Å². The number of likely N-dealkylation sites (N-methyl/N-ethyl adjacent to an activating group) is 1. The fraction of sp³-hybridized carbons (Fsp3) is 0.241. The van der Waals surface area contributed by atoms with E-state index >= 15 is 0 Å². The van der Waals surface area contributed by atoms with E-state index < -0.39 is 0 Å². The number of nitrogens with zero attached hydrogens (tertiary/aromatic N) is 2. The van der Waals surface area contributed by atoms with Gasteiger partial charge < -0.3 is 14.7 Å². The molecule has 1 N–H and O–H groups in total. The van der Waals surface area contributed by atoms with Gasteiger partial charge in [0.25, 0.3) is 0 Å². The van der Waals surface area contributed by atoms with Crippen molar-refractivity contribution in [2.45, 2.75) is 31.7 Å². The van der Waals surface area contributed by atoms with Crippen LogP contribution in [-0.2, 0) is 6.42 Å². The summed E-state index contributed by atoms with van der Waals surface area (Å²) >= 11 is 0. The van der Waals surface area contributed by atoms with E-state index in [1.165, 1.54) is 38.6 Å². The summed E-state index contributed by atoms with van der Waals surface area (Å²) in [5.74, 6) is 2.32. The van der Waals surface area contributed by atoms with E-state index in [9.17, 15) is 0 Å². The zero-order chi connectivity index (χ0) is 22.4. The molecule has 1 unspecified atom stereocenters. The number of fused-ring (bicyclic) bond motifs is 6. The van der Waals surface area contributed by atoms with Crippen LogP contribution in [0.5, 0.6) is 0 Å². The van der Waals surface area contributed by atoms with Crippen molar-refractivity contribution >= 4 is 40.5 Å². The highest BCUT2D eigenvalue weighted by Gasteiger charge is 2.25. The molecule has 166 valence electrons. The molecule has 4 nitrogen and oxygen atoms in total. The number of rotatable bonds is 5. The number of allylic oxidation sites excluding steroid dienone is 3. The SMILES string of the molecule is C=C/C=C\C(Nn1c2c(c3ccccc31)C=CCN2C)C1=c2oc3c(c2=CCC1)C=CCC3. The minimum atomic E-state index is -0.00811. The molecule has 0 bridgehead atoms. The van der Waals surface area contributed by atoms with Crippen molar-refractivity contribution in [2.75, 3.05) is 23.9 Å². The second kappa shape index (κ2) is 8.04. The molecule has 6 rings (SSSR count). The number of hydrogen-bond acceptors (Lipinski definition) is 3. The zero-order valence-electron chi connectivity index (χ0n) is 19.1. The van der Waals surface area contributed by atoms with Gasteiger partial charge in [0.05, 0.1) is 11.6 Å². The zero-order valence-corrected chi connectivity index (χ0v) is 19.1. The van der Waals surface area contributed by atoms with Gasteiger partial charge in [-0.1, -0.05) is 73.4 Å². The van der Waals surface area contributed by atoms with Crippen molar-refractivity contribution in [3.05, 3.63) is 88.7 Å². The van der Waals surface area contributed by atoms with Gasteiger partial charge in [-0.3, -0.25) is 0 Å². The lowest BCUT2D eigenvalue weighted by atomic mass is 9.95. The Hall–Kier alpha value is -3.66. The van der Waals surface area contributed by atoms with Crippen LogP contribution in [0.15, 0.2) is 65.6 Å². The summed E-state index contributed by atoms with van der Waals surface area (Å²) in [5, 5.41) is 2.52. The van der Waals surface area contributed by atoms with Crippen molar-refractivity contribution in [2.24, 2.45) is 0 Å². The van der Waals surface area contributed by atoms with Crippen LogP contribution in [0.1, 0.15) is 36.1 Å². The fourth-order valence-electron chi connectivity index (χ4n) is 5.42. The van der Waals surface area contributed by atoms with Gasteiger partial charge in [-0.25, -0.2) is 4.68 Å². The predicted octanol–water partition coefficient (Wildman–Crippen LogP) is 4.74. The molecule has 3 aliphatic rings. The third-order valence-electron chi connectivity index (χ3n) is 6.93. The molecule has 0 fully saturated rings. The number of hydrogen-bond donors (Lipinski definition) is 1. The summed E-state index contributed by atoms with van der Waals surface area (Å²) in [5.41, 5.74) is 9.93. The van der Waals surface area contributed by atoms with Gasteiger partial charge in [0, 0.05) is 47.3 Å². The summed E-state index contributed by atoms with van der Waals surface area (Å²) in [6.07, 6.45) is 21.4. The molecule has 1 atom stereocenters. The summed E-state index contributed by atoms with van der Waals surface area (Å²) < 4.78 is 8.76. The quantitative estimate of drug-likeness (QED) is 0.588. The van der Waals surface area contributed by atoms with Crippen molar-refractivity contribution in [3.63, 3.8) is 0 Å². The fourth-order valence-corrected chi connectivity index (χ4v) is 5.42. The van der Waals surface area contributed by atoms with Crippen LogP contribution >= 0.6 is 0 Å². The Morgan fingerprint density at radius 1 is 1.09 bits per heavy atom. The topological polar surface area (TPSA) is 33.3 Å². The second-order valence-electron chi connectivity index (χ2n) is 8.99. The van der Waals surface area contributed by atoms with Gasteiger partial charge in [0.15, 0.2) is 0 Å². The number of benzene rings is 1. The number of aromatic nitrogens is 1. The van der Waals surface area contributed by atoms with E-state index in [2.05, 4.69) is 89.4 Å². The molecule has 2 aromatic heterocycles. The average Bonchev–Trinajstić information content (AvgIpc) is 3.39. The highest BCUT2D eigenvalue weighted by Crippen LogP contribution is 2.35. The van der Waals surface area contributed by atoms with Crippen LogP contribution in [0.25, 0.3) is 34.7 Å². The first-order valence-corrected chi connectivity index (χ1v) is 11.8. The molecule has 3 heterocycles. The minimum Gasteiger partial charge on any atom is -0.460 e. The maximum absolute atomic E-state index is 6.49. The minimum absolute atomic E-state index is 0.00811. The molecule has 0 saturated heterocycles. The largest absolute Gasteiger partial charge is 0.460 e. The summed E-state index contributed by atoms with van der Waals surface area (Å²) in [6, 6.07) is 8.61. The first-order chi connectivity index (χ1) is 16.3.